The van der Waals surface area contributed by atoms with Gasteiger partial charge in [-0.2, -0.15) is 0 Å². The summed E-state index contributed by atoms with van der Waals surface area (Å²) in [5.74, 6) is 1.63. The molecule has 0 unspecified atom stereocenters. The quantitative estimate of drug-likeness (QED) is 0.721. The van der Waals surface area contributed by atoms with Crippen molar-refractivity contribution in [2.24, 2.45) is 0 Å². The lowest BCUT2D eigenvalue weighted by atomic mass is 10.1. The third-order valence-corrected chi connectivity index (χ3v) is 6.43. The zero-order valence-corrected chi connectivity index (χ0v) is 17.3. The number of benzene rings is 1. The molecule has 160 valence electrons. The maximum Gasteiger partial charge on any atom is 0.276 e. The minimum Gasteiger partial charge on any atom is -0.454 e. The van der Waals surface area contributed by atoms with Crippen molar-refractivity contribution in [1.82, 2.24) is 24.8 Å². The Morgan fingerprint density at radius 3 is 2.57 bits per heavy atom. The van der Waals surface area contributed by atoms with Gasteiger partial charge in [0.15, 0.2) is 17.2 Å². The molecule has 0 atom stereocenters. The number of amides is 1. The van der Waals surface area contributed by atoms with Gasteiger partial charge in [0.05, 0.1) is 12.2 Å². The molecule has 1 amide bonds. The Kier molecular flexibility index (Phi) is 5.57. The Balaban J connectivity index is 1.15. The third kappa shape index (κ3) is 4.14. The Morgan fingerprint density at radius 2 is 1.77 bits per heavy atom. The predicted octanol–water partition coefficient (Wildman–Crippen LogP) is 2.86. The summed E-state index contributed by atoms with van der Waals surface area (Å²) in [7, 11) is 0. The molecule has 1 saturated heterocycles. The summed E-state index contributed by atoms with van der Waals surface area (Å²) in [5, 5.41) is 8.48. The van der Waals surface area contributed by atoms with Crippen molar-refractivity contribution in [3.63, 3.8) is 0 Å². The van der Waals surface area contributed by atoms with Gasteiger partial charge in [-0.1, -0.05) is 37.0 Å². The molecule has 1 saturated carbocycles. The summed E-state index contributed by atoms with van der Waals surface area (Å²) in [5.41, 5.74) is 1.67. The van der Waals surface area contributed by atoms with E-state index in [0.717, 1.165) is 44.0 Å². The fourth-order valence-electron chi connectivity index (χ4n) is 4.64. The van der Waals surface area contributed by atoms with Gasteiger partial charge >= 0.3 is 0 Å². The van der Waals surface area contributed by atoms with Crippen LogP contribution in [0.2, 0.25) is 0 Å². The minimum absolute atomic E-state index is 0.00222. The Morgan fingerprint density at radius 1 is 1.00 bits per heavy atom. The van der Waals surface area contributed by atoms with Gasteiger partial charge in [0.25, 0.3) is 5.91 Å². The first kappa shape index (κ1) is 19.4. The van der Waals surface area contributed by atoms with E-state index in [1.807, 2.05) is 27.9 Å². The van der Waals surface area contributed by atoms with Crippen molar-refractivity contribution >= 4 is 5.91 Å². The van der Waals surface area contributed by atoms with E-state index in [2.05, 4.69) is 21.3 Å². The van der Waals surface area contributed by atoms with Gasteiger partial charge in [0.2, 0.25) is 6.79 Å². The molecule has 30 heavy (non-hydrogen) atoms. The molecule has 8 heteroatoms. The molecule has 1 aromatic carbocycles. The third-order valence-electron chi connectivity index (χ3n) is 6.43. The number of piperazine rings is 1. The lowest BCUT2D eigenvalue weighted by Gasteiger charge is -2.34. The van der Waals surface area contributed by atoms with Crippen LogP contribution in [0.4, 0.5) is 0 Å². The number of ether oxygens (including phenoxy) is 2. The van der Waals surface area contributed by atoms with Gasteiger partial charge in [-0.05, 0) is 30.5 Å². The Labute approximate surface area is 176 Å². The van der Waals surface area contributed by atoms with E-state index < -0.39 is 0 Å². The lowest BCUT2D eigenvalue weighted by molar-refractivity contribution is 0.0622. The number of nitrogens with zero attached hydrogens (tertiary/aromatic N) is 5. The molecule has 0 spiro atoms. The molecule has 8 nitrogen and oxygen atoms in total. The topological polar surface area (TPSA) is 72.7 Å². The summed E-state index contributed by atoms with van der Waals surface area (Å²) >= 11 is 0. The summed E-state index contributed by atoms with van der Waals surface area (Å²) in [6.45, 7) is 4.24. The molecule has 0 radical (unpaired) electrons. The highest BCUT2D eigenvalue weighted by Gasteiger charge is 2.26. The summed E-state index contributed by atoms with van der Waals surface area (Å²) in [6.07, 6.45) is 9.20. The summed E-state index contributed by atoms with van der Waals surface area (Å²) < 4.78 is 12.8. The number of rotatable bonds is 4. The zero-order valence-electron chi connectivity index (χ0n) is 17.3. The molecule has 2 fully saturated rings. The highest BCUT2D eigenvalue weighted by molar-refractivity contribution is 5.92. The first-order valence-corrected chi connectivity index (χ1v) is 11.1. The van der Waals surface area contributed by atoms with Crippen molar-refractivity contribution in [1.29, 1.82) is 0 Å². The molecule has 2 aromatic rings. The van der Waals surface area contributed by atoms with E-state index in [-0.39, 0.29) is 5.91 Å². The number of hydrogen-bond acceptors (Lipinski definition) is 6. The first-order valence-electron chi connectivity index (χ1n) is 11.1. The maximum atomic E-state index is 12.9. The normalized spacial score (nSPS) is 20.3. The van der Waals surface area contributed by atoms with Crippen LogP contribution in [0.15, 0.2) is 24.4 Å². The van der Waals surface area contributed by atoms with E-state index in [1.54, 1.807) is 0 Å². The van der Waals surface area contributed by atoms with Crippen LogP contribution in [0.3, 0.4) is 0 Å². The van der Waals surface area contributed by atoms with Gasteiger partial charge in [-0.3, -0.25) is 9.69 Å². The molecular formula is C22H29N5O3. The molecule has 5 rings (SSSR count). The van der Waals surface area contributed by atoms with Gasteiger partial charge in [-0.15, -0.1) is 5.10 Å². The van der Waals surface area contributed by atoms with Crippen molar-refractivity contribution in [3.8, 4) is 11.5 Å². The number of carbonyl (C=O) groups is 1. The van der Waals surface area contributed by atoms with E-state index in [4.69, 9.17) is 9.47 Å². The highest BCUT2D eigenvalue weighted by atomic mass is 16.7. The first-order chi connectivity index (χ1) is 14.8. The van der Waals surface area contributed by atoms with Crippen LogP contribution in [0, 0.1) is 0 Å². The van der Waals surface area contributed by atoms with E-state index in [0.29, 0.717) is 31.6 Å². The molecular weight excluding hydrogens is 382 g/mol. The monoisotopic (exact) mass is 411 g/mol. The Hall–Kier alpha value is -2.61. The Bertz CT molecular complexity index is 883. The van der Waals surface area contributed by atoms with Crippen LogP contribution >= 0.6 is 0 Å². The summed E-state index contributed by atoms with van der Waals surface area (Å²) in [4.78, 5) is 17.2. The number of hydrogen-bond donors (Lipinski definition) is 0. The van der Waals surface area contributed by atoms with E-state index in [9.17, 15) is 4.79 Å². The van der Waals surface area contributed by atoms with Gasteiger partial charge in [0, 0.05) is 32.7 Å². The van der Waals surface area contributed by atoms with Crippen LogP contribution < -0.4 is 9.47 Å². The summed E-state index contributed by atoms with van der Waals surface area (Å²) in [6, 6.07) is 6.48. The molecule has 3 aliphatic rings. The molecule has 0 N–H and O–H groups in total. The van der Waals surface area contributed by atoms with Crippen LogP contribution in [-0.4, -0.2) is 63.7 Å². The fraction of sp³-hybridized carbons (Fsp3) is 0.591. The highest BCUT2D eigenvalue weighted by Crippen LogP contribution is 2.33. The maximum absolute atomic E-state index is 12.9. The minimum atomic E-state index is -0.00222. The molecule has 2 aliphatic heterocycles. The molecule has 3 heterocycles. The number of fused-ring (bicyclic) bond motifs is 1. The van der Waals surface area contributed by atoms with Gasteiger partial charge in [0.1, 0.15) is 0 Å². The van der Waals surface area contributed by atoms with Crippen molar-refractivity contribution in [3.05, 3.63) is 35.7 Å². The standard InChI is InChI=1S/C22H29N5O3/c28-22(19-15-27(24-23-19)18-5-3-1-2-4-6-18)26-11-9-25(10-12-26)14-17-7-8-20-21(13-17)30-16-29-20/h7-8,13,15,18H,1-6,9-12,14,16H2. The van der Waals surface area contributed by atoms with Gasteiger partial charge in [-0.25, -0.2) is 4.68 Å². The second-order valence-electron chi connectivity index (χ2n) is 8.49. The van der Waals surface area contributed by atoms with Crippen molar-refractivity contribution < 1.29 is 14.3 Å². The van der Waals surface area contributed by atoms with Crippen LogP contribution in [-0.2, 0) is 6.54 Å². The molecule has 1 aromatic heterocycles. The predicted molar refractivity (Wildman–Crippen MR) is 111 cm³/mol. The van der Waals surface area contributed by atoms with Gasteiger partial charge < -0.3 is 14.4 Å². The average molecular weight is 412 g/mol. The molecule has 1 aliphatic carbocycles. The number of carbonyl (C=O) groups excluding carboxylic acids is 1. The molecule has 0 bridgehead atoms. The SMILES string of the molecule is O=C(c1cn(C2CCCCCC2)nn1)N1CCN(Cc2ccc3c(c2)OCO3)CC1. The zero-order chi connectivity index (χ0) is 20.3. The lowest BCUT2D eigenvalue weighted by Crippen LogP contribution is -2.48. The smallest absolute Gasteiger partial charge is 0.276 e. The number of aromatic nitrogens is 3. The average Bonchev–Trinajstić information content (AvgIpc) is 3.37. The second kappa shape index (κ2) is 8.63. The van der Waals surface area contributed by atoms with E-state index in [1.165, 1.54) is 31.2 Å². The van der Waals surface area contributed by atoms with Crippen LogP contribution in [0.5, 0.6) is 11.5 Å². The van der Waals surface area contributed by atoms with Crippen molar-refractivity contribution in [2.45, 2.75) is 51.1 Å². The second-order valence-corrected chi connectivity index (χ2v) is 8.49. The fourth-order valence-corrected chi connectivity index (χ4v) is 4.64. The van der Waals surface area contributed by atoms with Crippen LogP contribution in [0.25, 0.3) is 0 Å². The van der Waals surface area contributed by atoms with Crippen molar-refractivity contribution in [2.75, 3.05) is 33.0 Å². The van der Waals surface area contributed by atoms with Crippen LogP contribution in [0.1, 0.15) is 60.6 Å². The largest absolute Gasteiger partial charge is 0.454 e. The van der Waals surface area contributed by atoms with E-state index >= 15 is 0 Å².